The van der Waals surface area contributed by atoms with Gasteiger partial charge in [0.25, 0.3) is 5.91 Å². The summed E-state index contributed by atoms with van der Waals surface area (Å²) in [5.74, 6) is -1.33. The van der Waals surface area contributed by atoms with Gasteiger partial charge in [0.15, 0.2) is 14.1 Å². The molecule has 2 heterocycles. The van der Waals surface area contributed by atoms with E-state index in [0.29, 0.717) is 6.42 Å². The molecule has 1 aromatic carbocycles. The van der Waals surface area contributed by atoms with Gasteiger partial charge < -0.3 is 18.6 Å². The van der Waals surface area contributed by atoms with Crippen molar-refractivity contribution < 1.29 is 28.2 Å². The normalized spacial score (nSPS) is 25.1. The number of imide groups is 1. The first kappa shape index (κ1) is 26.2. The highest BCUT2D eigenvalue weighted by Gasteiger charge is 2.51. The van der Waals surface area contributed by atoms with Crippen molar-refractivity contribution in [3.63, 3.8) is 0 Å². The number of rotatable bonds is 7. The zero-order valence-electron chi connectivity index (χ0n) is 20.6. The molecule has 2 amide bonds. The highest BCUT2D eigenvalue weighted by atomic mass is 35.5. The van der Waals surface area contributed by atoms with Crippen LogP contribution in [0.15, 0.2) is 30.3 Å². The van der Waals surface area contributed by atoms with Crippen molar-refractivity contribution in [1.29, 1.82) is 0 Å². The van der Waals surface area contributed by atoms with Crippen LogP contribution in [0, 0.1) is 0 Å². The van der Waals surface area contributed by atoms with E-state index in [1.54, 1.807) is 0 Å². The Kier molecular flexibility index (Phi) is 7.66. The Morgan fingerprint density at radius 2 is 1.88 bits per heavy atom. The zero-order valence-corrected chi connectivity index (χ0v) is 22.3. The largest absolute Gasteiger partial charge is 0.447 e. The molecular weight excluding hydrogens is 462 g/mol. The third-order valence-corrected chi connectivity index (χ3v) is 11.6. The van der Waals surface area contributed by atoms with E-state index in [2.05, 4.69) is 33.9 Å². The first-order valence-electron chi connectivity index (χ1n) is 11.4. The van der Waals surface area contributed by atoms with Crippen LogP contribution in [0.2, 0.25) is 18.1 Å². The number of carbonyl (C=O) groups is 2. The average molecular weight is 498 g/mol. The first-order valence-corrected chi connectivity index (χ1v) is 14.7. The van der Waals surface area contributed by atoms with Crippen LogP contribution in [0.1, 0.15) is 40.2 Å². The summed E-state index contributed by atoms with van der Waals surface area (Å²) in [4.78, 5) is 27.3. The lowest BCUT2D eigenvalue weighted by Gasteiger charge is -2.42. The molecule has 2 fully saturated rings. The van der Waals surface area contributed by atoms with Crippen LogP contribution in [0.5, 0.6) is 0 Å². The van der Waals surface area contributed by atoms with Crippen LogP contribution in [-0.2, 0) is 29.9 Å². The Balaban J connectivity index is 1.85. The summed E-state index contributed by atoms with van der Waals surface area (Å²) >= 11 is 6.80. The highest BCUT2D eigenvalue weighted by Crippen LogP contribution is 2.40. The number of hydrogen-bond donors (Lipinski definition) is 0. The SMILES string of the molecule is CC1(C)OC[C@H](C(O[Si](C)(C)C(C)(C)C)[C@H](Cl)C(=O)N2C(=O)OC[C@@H]2Cc2ccccc2)O1. The highest BCUT2D eigenvalue weighted by molar-refractivity contribution is 6.74. The minimum absolute atomic E-state index is 0.109. The fourth-order valence-electron chi connectivity index (χ4n) is 3.76. The molecule has 2 aliphatic heterocycles. The second-order valence-electron chi connectivity index (χ2n) is 10.7. The molecule has 2 aliphatic rings. The van der Waals surface area contributed by atoms with Crippen molar-refractivity contribution >= 4 is 31.9 Å². The fraction of sp³-hybridized carbons (Fsp3) is 0.667. The number of amides is 2. The second kappa shape index (κ2) is 9.66. The zero-order chi connectivity index (χ0) is 24.6. The summed E-state index contributed by atoms with van der Waals surface area (Å²) in [5.41, 5.74) is 1.01. The van der Waals surface area contributed by atoms with Crippen LogP contribution in [0.3, 0.4) is 0 Å². The van der Waals surface area contributed by atoms with Crippen molar-refractivity contribution in [2.75, 3.05) is 13.2 Å². The van der Waals surface area contributed by atoms with Gasteiger partial charge in [-0.15, -0.1) is 11.6 Å². The summed E-state index contributed by atoms with van der Waals surface area (Å²) in [6.45, 7) is 14.5. The molecule has 2 saturated heterocycles. The monoisotopic (exact) mass is 497 g/mol. The summed E-state index contributed by atoms with van der Waals surface area (Å²) in [5, 5.41) is -1.24. The number of cyclic esters (lactones) is 1. The number of alkyl halides is 1. The van der Waals surface area contributed by atoms with E-state index in [-0.39, 0.29) is 18.3 Å². The molecule has 0 saturated carbocycles. The van der Waals surface area contributed by atoms with Crippen LogP contribution >= 0.6 is 11.6 Å². The molecule has 3 rings (SSSR count). The maximum absolute atomic E-state index is 13.6. The minimum atomic E-state index is -2.33. The van der Waals surface area contributed by atoms with Crippen molar-refractivity contribution in [3.8, 4) is 0 Å². The number of nitrogens with zero attached hydrogens (tertiary/aromatic N) is 1. The summed E-state index contributed by atoms with van der Waals surface area (Å²) in [6, 6.07) is 9.25. The second-order valence-corrected chi connectivity index (χ2v) is 16.0. The third-order valence-electron chi connectivity index (χ3n) is 6.67. The van der Waals surface area contributed by atoms with E-state index < -0.39 is 49.7 Å². The minimum Gasteiger partial charge on any atom is -0.447 e. The van der Waals surface area contributed by atoms with Crippen LogP contribution < -0.4 is 0 Å². The van der Waals surface area contributed by atoms with Crippen LogP contribution in [-0.4, -0.2) is 67.8 Å². The Bertz CT molecular complexity index is 856. The van der Waals surface area contributed by atoms with Gasteiger partial charge in [0, 0.05) is 0 Å². The van der Waals surface area contributed by atoms with E-state index in [4.69, 9.17) is 30.2 Å². The van der Waals surface area contributed by atoms with Crippen molar-refractivity contribution in [1.82, 2.24) is 4.90 Å². The van der Waals surface area contributed by atoms with Crippen molar-refractivity contribution in [2.45, 2.75) is 88.6 Å². The topological polar surface area (TPSA) is 74.3 Å². The Morgan fingerprint density at radius 3 is 2.42 bits per heavy atom. The number of halogens is 1. The maximum Gasteiger partial charge on any atom is 0.417 e. The van der Waals surface area contributed by atoms with Gasteiger partial charge in [-0.3, -0.25) is 4.79 Å². The molecule has 0 bridgehead atoms. The molecule has 9 heteroatoms. The quantitative estimate of drug-likeness (QED) is 0.400. The lowest BCUT2D eigenvalue weighted by atomic mass is 10.0. The van der Waals surface area contributed by atoms with E-state index >= 15 is 0 Å². The predicted octanol–water partition coefficient (Wildman–Crippen LogP) is 4.73. The molecule has 0 aliphatic carbocycles. The molecule has 1 unspecified atom stereocenters. The van der Waals surface area contributed by atoms with Crippen LogP contribution in [0.25, 0.3) is 0 Å². The molecule has 4 atom stereocenters. The van der Waals surface area contributed by atoms with Gasteiger partial charge >= 0.3 is 6.09 Å². The Morgan fingerprint density at radius 1 is 1.24 bits per heavy atom. The lowest BCUT2D eigenvalue weighted by molar-refractivity contribution is -0.153. The van der Waals surface area contributed by atoms with Gasteiger partial charge in [-0.25, -0.2) is 9.69 Å². The molecule has 184 valence electrons. The first-order chi connectivity index (χ1) is 15.2. The van der Waals surface area contributed by atoms with Gasteiger partial charge in [-0.2, -0.15) is 0 Å². The number of carbonyl (C=O) groups excluding carboxylic acids is 2. The molecular formula is C24H36ClNO6Si. The number of benzene rings is 1. The van der Waals surface area contributed by atoms with Gasteiger partial charge in [0.1, 0.15) is 18.1 Å². The average Bonchev–Trinajstić information content (AvgIpc) is 3.26. The maximum atomic E-state index is 13.6. The van der Waals surface area contributed by atoms with Gasteiger partial charge in [0.05, 0.1) is 18.8 Å². The van der Waals surface area contributed by atoms with E-state index in [9.17, 15) is 9.59 Å². The Hall–Kier alpha value is -1.45. The molecule has 33 heavy (non-hydrogen) atoms. The fourth-order valence-corrected chi connectivity index (χ4v) is 5.49. The molecule has 1 aromatic rings. The summed E-state index contributed by atoms with van der Waals surface area (Å²) in [6.07, 6.45) is -1.49. The Labute approximate surface area is 202 Å². The van der Waals surface area contributed by atoms with Gasteiger partial charge in [-0.1, -0.05) is 51.1 Å². The number of ether oxygens (including phenoxy) is 3. The summed E-state index contributed by atoms with van der Waals surface area (Å²) in [7, 11) is -2.33. The smallest absolute Gasteiger partial charge is 0.417 e. The standard InChI is InChI=1S/C24H36ClNO6Si/c1-23(2,3)33(6,7)32-20(18-15-30-24(4,5)31-18)19(25)21(27)26-17(14-29-22(26)28)13-16-11-9-8-10-12-16/h8-12,17-20H,13-15H2,1-7H3/t17-,18+,19-,20?/m0/s1. The van der Waals surface area contributed by atoms with E-state index in [1.165, 1.54) is 0 Å². The van der Waals surface area contributed by atoms with Crippen molar-refractivity contribution in [2.24, 2.45) is 0 Å². The number of hydrogen-bond acceptors (Lipinski definition) is 6. The van der Waals surface area contributed by atoms with Crippen LogP contribution in [0.4, 0.5) is 4.79 Å². The molecule has 0 aromatic heterocycles. The van der Waals surface area contributed by atoms with E-state index in [0.717, 1.165) is 10.5 Å². The lowest BCUT2D eigenvalue weighted by Crippen LogP contribution is -2.56. The van der Waals surface area contributed by atoms with Gasteiger partial charge in [0.2, 0.25) is 0 Å². The van der Waals surface area contributed by atoms with Crippen molar-refractivity contribution in [3.05, 3.63) is 35.9 Å². The molecule has 0 spiro atoms. The molecule has 0 N–H and O–H groups in total. The van der Waals surface area contributed by atoms with Gasteiger partial charge in [-0.05, 0) is 44.0 Å². The predicted molar refractivity (Wildman–Crippen MR) is 129 cm³/mol. The molecule has 0 radical (unpaired) electrons. The molecule has 7 nitrogen and oxygen atoms in total. The third kappa shape index (κ3) is 5.97. The summed E-state index contributed by atoms with van der Waals surface area (Å²) < 4.78 is 23.7. The van der Waals surface area contributed by atoms with E-state index in [1.807, 2.05) is 44.2 Å².